The summed E-state index contributed by atoms with van der Waals surface area (Å²) < 4.78 is 5.96. The van der Waals surface area contributed by atoms with Crippen molar-refractivity contribution in [2.24, 2.45) is 0 Å². The van der Waals surface area contributed by atoms with Gasteiger partial charge in [-0.05, 0) is 41.6 Å². The largest absolute Gasteiger partial charge is 0.462 e. The average molecular weight is 338 g/mol. The van der Waals surface area contributed by atoms with Crippen LogP contribution in [0.25, 0.3) is 11.0 Å². The number of carbonyl (C=O) groups is 1. The summed E-state index contributed by atoms with van der Waals surface area (Å²) in [6, 6.07) is 0. The molecule has 106 valence electrons. The van der Waals surface area contributed by atoms with E-state index >= 15 is 0 Å². The summed E-state index contributed by atoms with van der Waals surface area (Å²) in [5.74, 6) is 0.0829. The van der Waals surface area contributed by atoms with Crippen LogP contribution in [0.15, 0.2) is 10.8 Å². The molecule has 6 heteroatoms. The lowest BCUT2D eigenvalue weighted by atomic mass is 9.93. The maximum atomic E-state index is 12.4. The van der Waals surface area contributed by atoms with Crippen LogP contribution in [-0.2, 0) is 4.74 Å². The first kappa shape index (κ1) is 13.5. The molecule has 1 aliphatic carbocycles. The quantitative estimate of drug-likeness (QED) is 0.686. The number of ether oxygens (including phenoxy) is 1. The van der Waals surface area contributed by atoms with E-state index < -0.39 is 0 Å². The van der Waals surface area contributed by atoms with Gasteiger partial charge in [-0.1, -0.05) is 12.8 Å². The summed E-state index contributed by atoms with van der Waals surface area (Å²) in [5.41, 5.74) is 2.21. The Labute approximate surface area is 125 Å². The highest BCUT2D eigenvalue weighted by Crippen LogP contribution is 2.41. The zero-order valence-electron chi connectivity index (χ0n) is 11.3. The van der Waals surface area contributed by atoms with Crippen LogP contribution >= 0.6 is 15.9 Å². The van der Waals surface area contributed by atoms with Crippen LogP contribution in [-0.4, -0.2) is 27.8 Å². The second-order valence-corrected chi connectivity index (χ2v) is 5.78. The number of rotatable bonds is 3. The minimum Gasteiger partial charge on any atom is -0.462 e. The maximum absolute atomic E-state index is 12.4. The Balaban J connectivity index is 2.21. The fraction of sp³-hybridized carbons (Fsp3) is 0.500. The van der Waals surface area contributed by atoms with Gasteiger partial charge in [0.2, 0.25) is 0 Å². The van der Waals surface area contributed by atoms with Crippen LogP contribution < -0.4 is 0 Å². The van der Waals surface area contributed by atoms with Crippen molar-refractivity contribution < 1.29 is 9.53 Å². The normalized spacial score (nSPS) is 15.9. The molecule has 2 aromatic heterocycles. The van der Waals surface area contributed by atoms with Crippen molar-refractivity contribution in [3.8, 4) is 0 Å². The molecule has 0 saturated heterocycles. The van der Waals surface area contributed by atoms with Gasteiger partial charge in [-0.15, -0.1) is 0 Å². The molecule has 1 fully saturated rings. The maximum Gasteiger partial charge on any atom is 0.339 e. The third-order valence-corrected chi connectivity index (χ3v) is 4.44. The van der Waals surface area contributed by atoms with Gasteiger partial charge in [0, 0.05) is 5.56 Å². The number of esters is 1. The Hall–Kier alpha value is -1.43. The number of aromatic nitrogens is 3. The highest BCUT2D eigenvalue weighted by molar-refractivity contribution is 9.10. The molecular formula is C14H16BrN3O2. The van der Waals surface area contributed by atoms with Crippen molar-refractivity contribution in [2.45, 2.75) is 38.5 Å². The Kier molecular flexibility index (Phi) is 3.74. The molecule has 1 N–H and O–H groups in total. The number of fused-ring (bicyclic) bond motifs is 1. The molecule has 3 rings (SSSR count). The highest BCUT2D eigenvalue weighted by atomic mass is 79.9. The first-order valence-electron chi connectivity index (χ1n) is 6.92. The number of nitrogens with zero attached hydrogens (tertiary/aromatic N) is 2. The Morgan fingerprint density at radius 3 is 2.95 bits per heavy atom. The SMILES string of the molecule is CCOC(=O)c1c(C2CCCC2)c(Br)nc2[nH]ncc12. The Morgan fingerprint density at radius 1 is 1.50 bits per heavy atom. The zero-order chi connectivity index (χ0) is 14.1. The standard InChI is InChI=1S/C14H16BrN3O2/c1-2-20-14(19)11-9-7-16-18-13(9)17-12(15)10(11)8-5-3-4-6-8/h7-8H,2-6H2,1H3,(H,16,17,18). The van der Waals surface area contributed by atoms with Gasteiger partial charge in [0.1, 0.15) is 4.60 Å². The van der Waals surface area contributed by atoms with Gasteiger partial charge in [0.05, 0.1) is 23.8 Å². The minimum atomic E-state index is -0.288. The van der Waals surface area contributed by atoms with E-state index in [1.807, 2.05) is 6.92 Å². The third kappa shape index (κ3) is 2.22. The van der Waals surface area contributed by atoms with Crippen molar-refractivity contribution >= 4 is 32.9 Å². The van der Waals surface area contributed by atoms with E-state index in [2.05, 4.69) is 31.1 Å². The summed E-state index contributed by atoms with van der Waals surface area (Å²) in [5, 5.41) is 7.56. The second-order valence-electron chi connectivity index (χ2n) is 5.03. The number of hydrogen-bond donors (Lipinski definition) is 1. The van der Waals surface area contributed by atoms with Crippen molar-refractivity contribution in [1.82, 2.24) is 15.2 Å². The number of pyridine rings is 1. The summed E-state index contributed by atoms with van der Waals surface area (Å²) in [6.45, 7) is 2.18. The number of hydrogen-bond acceptors (Lipinski definition) is 4. The smallest absolute Gasteiger partial charge is 0.339 e. The van der Waals surface area contributed by atoms with Gasteiger partial charge < -0.3 is 4.74 Å². The monoisotopic (exact) mass is 337 g/mol. The number of H-pyrrole nitrogens is 1. The van der Waals surface area contributed by atoms with E-state index in [1.54, 1.807) is 6.20 Å². The molecule has 0 unspecified atom stereocenters. The lowest BCUT2D eigenvalue weighted by Crippen LogP contribution is -2.12. The Morgan fingerprint density at radius 2 is 2.25 bits per heavy atom. The van der Waals surface area contributed by atoms with E-state index in [0.29, 0.717) is 23.7 Å². The molecule has 0 aliphatic heterocycles. The first-order chi connectivity index (χ1) is 9.72. The Bertz CT molecular complexity index is 647. The molecule has 0 bridgehead atoms. The van der Waals surface area contributed by atoms with Gasteiger partial charge in [-0.3, -0.25) is 5.10 Å². The fourth-order valence-corrected chi connectivity index (χ4v) is 3.66. The lowest BCUT2D eigenvalue weighted by molar-refractivity contribution is 0.0526. The van der Waals surface area contributed by atoms with Crippen molar-refractivity contribution in [3.63, 3.8) is 0 Å². The number of aromatic amines is 1. The van der Waals surface area contributed by atoms with E-state index in [1.165, 1.54) is 12.8 Å². The number of nitrogens with one attached hydrogen (secondary N) is 1. The molecule has 2 aromatic rings. The molecular weight excluding hydrogens is 322 g/mol. The first-order valence-corrected chi connectivity index (χ1v) is 7.71. The number of halogens is 1. The predicted molar refractivity (Wildman–Crippen MR) is 78.8 cm³/mol. The highest BCUT2D eigenvalue weighted by Gasteiger charge is 2.29. The summed E-state index contributed by atoms with van der Waals surface area (Å²) in [6.07, 6.45) is 6.23. The van der Waals surface area contributed by atoms with E-state index in [0.717, 1.165) is 28.4 Å². The van der Waals surface area contributed by atoms with Crippen LogP contribution in [0.2, 0.25) is 0 Å². The van der Waals surface area contributed by atoms with E-state index in [9.17, 15) is 4.79 Å². The van der Waals surface area contributed by atoms with E-state index in [-0.39, 0.29) is 5.97 Å². The number of carbonyl (C=O) groups excluding carboxylic acids is 1. The van der Waals surface area contributed by atoms with Crippen LogP contribution in [0.5, 0.6) is 0 Å². The topological polar surface area (TPSA) is 67.9 Å². The summed E-state index contributed by atoms with van der Waals surface area (Å²) in [4.78, 5) is 16.8. The third-order valence-electron chi connectivity index (χ3n) is 3.83. The molecule has 0 radical (unpaired) electrons. The second kappa shape index (κ2) is 5.52. The molecule has 2 heterocycles. The predicted octanol–water partition coefficient (Wildman–Crippen LogP) is 3.55. The van der Waals surface area contributed by atoms with Gasteiger partial charge in [0.15, 0.2) is 5.65 Å². The van der Waals surface area contributed by atoms with Crippen LogP contribution in [0, 0.1) is 0 Å². The lowest BCUT2D eigenvalue weighted by Gasteiger charge is -2.16. The fourth-order valence-electron chi connectivity index (χ4n) is 2.96. The zero-order valence-corrected chi connectivity index (χ0v) is 12.9. The molecule has 20 heavy (non-hydrogen) atoms. The molecule has 1 aliphatic rings. The molecule has 5 nitrogen and oxygen atoms in total. The van der Waals surface area contributed by atoms with Gasteiger partial charge in [0.25, 0.3) is 0 Å². The minimum absolute atomic E-state index is 0.288. The van der Waals surface area contributed by atoms with Gasteiger partial charge in [-0.25, -0.2) is 9.78 Å². The van der Waals surface area contributed by atoms with Gasteiger partial charge >= 0.3 is 5.97 Å². The summed E-state index contributed by atoms with van der Waals surface area (Å²) in [7, 11) is 0. The average Bonchev–Trinajstić information content (AvgIpc) is 3.07. The van der Waals surface area contributed by atoms with Crippen LogP contribution in [0.4, 0.5) is 0 Å². The van der Waals surface area contributed by atoms with Crippen molar-refractivity contribution in [3.05, 3.63) is 21.9 Å². The van der Waals surface area contributed by atoms with E-state index in [4.69, 9.17) is 4.74 Å². The molecule has 0 spiro atoms. The molecule has 0 atom stereocenters. The molecule has 1 saturated carbocycles. The van der Waals surface area contributed by atoms with Crippen molar-refractivity contribution in [2.75, 3.05) is 6.61 Å². The van der Waals surface area contributed by atoms with Crippen molar-refractivity contribution in [1.29, 1.82) is 0 Å². The summed E-state index contributed by atoms with van der Waals surface area (Å²) >= 11 is 3.52. The molecule has 0 amide bonds. The van der Waals surface area contributed by atoms with Crippen LogP contribution in [0.3, 0.4) is 0 Å². The molecule has 0 aromatic carbocycles. The van der Waals surface area contributed by atoms with Crippen LogP contribution in [0.1, 0.15) is 54.4 Å². The van der Waals surface area contributed by atoms with Gasteiger partial charge in [-0.2, -0.15) is 5.10 Å².